The molecule has 0 atom stereocenters. The Morgan fingerprint density at radius 2 is 1.64 bits per heavy atom. The Labute approximate surface area is 131 Å². The summed E-state index contributed by atoms with van der Waals surface area (Å²) < 4.78 is 0. The molecule has 0 saturated carbocycles. The van der Waals surface area contributed by atoms with Crippen LogP contribution in [0.2, 0.25) is 0 Å². The van der Waals surface area contributed by atoms with Crippen LogP contribution < -0.4 is 5.32 Å². The molecule has 0 saturated heterocycles. The summed E-state index contributed by atoms with van der Waals surface area (Å²) in [6, 6.07) is 15.1. The summed E-state index contributed by atoms with van der Waals surface area (Å²) in [6.45, 7) is 0. The molecule has 0 aliphatic rings. The summed E-state index contributed by atoms with van der Waals surface area (Å²) >= 11 is 0. The molecule has 0 bridgehead atoms. The van der Waals surface area contributed by atoms with Gasteiger partial charge in [-0.15, -0.1) is 0 Å². The second-order valence-electron chi connectivity index (χ2n) is 5.63. The summed E-state index contributed by atoms with van der Waals surface area (Å²) in [4.78, 5) is 21.2. The van der Waals surface area contributed by atoms with Gasteiger partial charge in [-0.3, -0.25) is 14.9 Å². The third-order valence-electron chi connectivity index (χ3n) is 3.90. The number of hydrogen-bond donors (Lipinski definition) is 1. The number of carbonyl (C=O) groups excluding carboxylic acids is 2. The Balaban J connectivity index is 1.62. The van der Waals surface area contributed by atoms with E-state index >= 15 is 0 Å². The molecule has 0 fully saturated rings. The number of rotatable bonds is 9. The fourth-order valence-electron chi connectivity index (χ4n) is 2.68. The minimum Gasteiger partial charge on any atom is -0.299 e. The molecule has 3 heteroatoms. The average molecular weight is 297 g/mol. The Kier molecular flexibility index (Phi) is 6.62. The summed E-state index contributed by atoms with van der Waals surface area (Å²) in [5.41, 5.74) is 1.39. The molecule has 2 aromatic rings. The van der Waals surface area contributed by atoms with Gasteiger partial charge in [-0.25, -0.2) is 0 Å². The largest absolute Gasteiger partial charge is 0.299 e. The number of fused-ring (bicyclic) bond motifs is 1. The summed E-state index contributed by atoms with van der Waals surface area (Å²) in [5, 5.41) is 4.76. The fraction of sp³-hybridized carbons (Fsp3) is 0.368. The first-order valence-corrected chi connectivity index (χ1v) is 8.00. The fourth-order valence-corrected chi connectivity index (χ4v) is 2.68. The average Bonchev–Trinajstić information content (AvgIpc) is 2.54. The predicted octanol–water partition coefficient (Wildman–Crippen LogP) is 4.00. The lowest BCUT2D eigenvalue weighted by atomic mass is 10.0. The van der Waals surface area contributed by atoms with Crippen LogP contribution in [0.5, 0.6) is 0 Å². The van der Waals surface area contributed by atoms with Crippen molar-refractivity contribution in [1.82, 2.24) is 5.32 Å². The summed E-state index contributed by atoms with van der Waals surface area (Å²) in [5.74, 6) is -0.175. The van der Waals surface area contributed by atoms with Gasteiger partial charge >= 0.3 is 0 Å². The molecule has 1 N–H and O–H groups in total. The first-order chi connectivity index (χ1) is 10.8. The highest BCUT2D eigenvalue weighted by Crippen LogP contribution is 2.17. The van der Waals surface area contributed by atoms with Crippen molar-refractivity contribution in [3.05, 3.63) is 48.0 Å². The highest BCUT2D eigenvalue weighted by atomic mass is 16.2. The molecular formula is C19H23NO2. The third-order valence-corrected chi connectivity index (χ3v) is 3.90. The zero-order chi connectivity index (χ0) is 15.6. The van der Waals surface area contributed by atoms with Gasteiger partial charge < -0.3 is 0 Å². The van der Waals surface area contributed by atoms with E-state index in [0.717, 1.165) is 25.7 Å². The normalized spacial score (nSPS) is 10.5. The number of hydrogen-bond acceptors (Lipinski definition) is 2. The molecule has 116 valence electrons. The second-order valence-corrected chi connectivity index (χ2v) is 5.63. The standard InChI is InChI=1S/C19H23NO2/c21-15-20-19(22)11-5-3-1-2-4-8-16-12-13-17-9-6-7-10-18(17)14-16/h6-7,9-10,12-15H,1-5,8,11H2,(H,20,21,22). The van der Waals surface area contributed by atoms with Gasteiger partial charge in [0, 0.05) is 6.42 Å². The van der Waals surface area contributed by atoms with Gasteiger partial charge in [0.05, 0.1) is 0 Å². The molecule has 0 aliphatic heterocycles. The number of imide groups is 1. The van der Waals surface area contributed by atoms with Gasteiger partial charge in [0.2, 0.25) is 12.3 Å². The molecule has 0 spiro atoms. The number of nitrogens with one attached hydrogen (secondary N) is 1. The van der Waals surface area contributed by atoms with E-state index in [-0.39, 0.29) is 5.91 Å². The van der Waals surface area contributed by atoms with E-state index in [1.54, 1.807) is 0 Å². The molecule has 0 heterocycles. The highest BCUT2D eigenvalue weighted by Gasteiger charge is 2.00. The smallest absolute Gasteiger partial charge is 0.226 e. The minimum atomic E-state index is -0.175. The van der Waals surface area contributed by atoms with Crippen LogP contribution in [0.1, 0.15) is 44.1 Å². The zero-order valence-electron chi connectivity index (χ0n) is 12.9. The van der Waals surface area contributed by atoms with Gasteiger partial charge in [-0.1, -0.05) is 61.7 Å². The van der Waals surface area contributed by atoms with E-state index in [2.05, 4.69) is 47.8 Å². The van der Waals surface area contributed by atoms with Crippen molar-refractivity contribution in [3.63, 3.8) is 0 Å². The number of unbranched alkanes of at least 4 members (excludes halogenated alkanes) is 4. The number of aryl methyl sites for hydroxylation is 1. The number of benzene rings is 2. The maximum absolute atomic E-state index is 11.1. The lowest BCUT2D eigenvalue weighted by molar-refractivity contribution is -0.125. The van der Waals surface area contributed by atoms with Crippen molar-refractivity contribution in [1.29, 1.82) is 0 Å². The van der Waals surface area contributed by atoms with Crippen LogP contribution in [0.3, 0.4) is 0 Å². The number of carbonyl (C=O) groups is 2. The van der Waals surface area contributed by atoms with Crippen LogP contribution >= 0.6 is 0 Å². The molecule has 2 aromatic carbocycles. The van der Waals surface area contributed by atoms with E-state index in [1.807, 2.05) is 0 Å². The number of amides is 2. The van der Waals surface area contributed by atoms with Crippen LogP contribution in [-0.2, 0) is 16.0 Å². The third kappa shape index (κ3) is 5.32. The van der Waals surface area contributed by atoms with Gasteiger partial charge in [-0.2, -0.15) is 0 Å². The minimum absolute atomic E-state index is 0.175. The Morgan fingerprint density at radius 3 is 2.45 bits per heavy atom. The Bertz CT molecular complexity index is 622. The Morgan fingerprint density at radius 1 is 0.909 bits per heavy atom. The van der Waals surface area contributed by atoms with Crippen LogP contribution in [0.4, 0.5) is 0 Å². The monoisotopic (exact) mass is 297 g/mol. The maximum atomic E-state index is 11.1. The van der Waals surface area contributed by atoms with E-state index in [0.29, 0.717) is 12.8 Å². The van der Waals surface area contributed by atoms with Crippen molar-refractivity contribution in [2.24, 2.45) is 0 Å². The SMILES string of the molecule is O=CNC(=O)CCCCCCCc1ccc2ccccc2c1. The van der Waals surface area contributed by atoms with E-state index in [4.69, 9.17) is 0 Å². The zero-order valence-corrected chi connectivity index (χ0v) is 12.9. The predicted molar refractivity (Wildman–Crippen MR) is 89.6 cm³/mol. The molecule has 0 radical (unpaired) electrons. The van der Waals surface area contributed by atoms with Crippen LogP contribution in [0.25, 0.3) is 10.8 Å². The van der Waals surface area contributed by atoms with Gasteiger partial charge in [0.25, 0.3) is 0 Å². The Hall–Kier alpha value is -2.16. The van der Waals surface area contributed by atoms with E-state index in [9.17, 15) is 9.59 Å². The molecule has 3 nitrogen and oxygen atoms in total. The molecular weight excluding hydrogens is 274 g/mol. The van der Waals surface area contributed by atoms with Gasteiger partial charge in [0.1, 0.15) is 0 Å². The van der Waals surface area contributed by atoms with Crippen molar-refractivity contribution in [2.45, 2.75) is 44.9 Å². The van der Waals surface area contributed by atoms with Crippen LogP contribution in [-0.4, -0.2) is 12.3 Å². The van der Waals surface area contributed by atoms with Gasteiger partial charge in [0.15, 0.2) is 0 Å². The topological polar surface area (TPSA) is 46.2 Å². The van der Waals surface area contributed by atoms with Crippen molar-refractivity contribution in [3.8, 4) is 0 Å². The lowest BCUT2D eigenvalue weighted by Crippen LogP contribution is -2.20. The molecule has 22 heavy (non-hydrogen) atoms. The molecule has 2 rings (SSSR count). The van der Waals surface area contributed by atoms with Crippen molar-refractivity contribution < 1.29 is 9.59 Å². The lowest BCUT2D eigenvalue weighted by Gasteiger charge is -2.04. The second kappa shape index (κ2) is 8.98. The van der Waals surface area contributed by atoms with E-state index in [1.165, 1.54) is 29.2 Å². The van der Waals surface area contributed by atoms with Crippen LogP contribution in [0.15, 0.2) is 42.5 Å². The quantitative estimate of drug-likeness (QED) is 0.562. The summed E-state index contributed by atoms with van der Waals surface area (Å²) in [7, 11) is 0. The molecule has 0 aromatic heterocycles. The van der Waals surface area contributed by atoms with E-state index < -0.39 is 0 Å². The van der Waals surface area contributed by atoms with Crippen LogP contribution in [0, 0.1) is 0 Å². The van der Waals surface area contributed by atoms with Crippen molar-refractivity contribution in [2.75, 3.05) is 0 Å². The first kappa shape index (κ1) is 16.2. The molecule has 0 aliphatic carbocycles. The maximum Gasteiger partial charge on any atom is 0.226 e. The summed E-state index contributed by atoms with van der Waals surface area (Å²) in [6.07, 6.45) is 7.41. The first-order valence-electron chi connectivity index (χ1n) is 8.00. The molecule has 2 amide bonds. The molecule has 0 unspecified atom stereocenters. The highest BCUT2D eigenvalue weighted by molar-refractivity contribution is 5.85. The van der Waals surface area contributed by atoms with Crippen molar-refractivity contribution >= 4 is 23.1 Å². The van der Waals surface area contributed by atoms with Gasteiger partial charge in [-0.05, 0) is 35.6 Å².